The van der Waals surface area contributed by atoms with Gasteiger partial charge in [0.05, 0.1) is 0 Å². The molecule has 0 amide bonds. The molecule has 0 atom stereocenters. The Balaban J connectivity index is 0.000000159. The highest BCUT2D eigenvalue weighted by molar-refractivity contribution is 5.66. The zero-order chi connectivity index (χ0) is 72.8. The minimum absolute atomic E-state index is 0.206. The summed E-state index contributed by atoms with van der Waals surface area (Å²) in [4.78, 5) is 0. The average molecular weight is 1340 g/mol. The van der Waals surface area contributed by atoms with Crippen molar-refractivity contribution in [2.75, 3.05) is 0 Å². The number of hydrogen-bond donors (Lipinski definition) is 0. The molecule has 12 rings (SSSR count). The van der Waals surface area contributed by atoms with Crippen LogP contribution in [0.5, 0.6) is 0 Å². The van der Waals surface area contributed by atoms with E-state index in [0.717, 1.165) is 18.3 Å². The summed E-state index contributed by atoms with van der Waals surface area (Å²) in [5.74, 6) is 2.28. The second-order valence-electron chi connectivity index (χ2n) is 32.2. The first-order valence-electron chi connectivity index (χ1n) is 37.8. The van der Waals surface area contributed by atoms with Gasteiger partial charge in [-0.15, -0.1) is 0 Å². The predicted molar refractivity (Wildman–Crippen MR) is 425 cm³/mol. The molecule has 0 aliphatic heterocycles. The first-order valence-corrected chi connectivity index (χ1v) is 37.8. The molecular formula is C95H126N5+5. The Kier molecular flexibility index (Phi) is 27.1. The van der Waals surface area contributed by atoms with Crippen LogP contribution in [0.15, 0.2) is 183 Å². The number of nitrogens with zero attached hydrogens (tertiary/aromatic N) is 5. The van der Waals surface area contributed by atoms with E-state index in [4.69, 9.17) is 0 Å². The van der Waals surface area contributed by atoms with Crippen LogP contribution in [0.4, 0.5) is 0 Å². The van der Waals surface area contributed by atoms with Crippen molar-refractivity contribution in [1.82, 2.24) is 0 Å². The van der Waals surface area contributed by atoms with Gasteiger partial charge in [0.1, 0.15) is 35.2 Å². The third-order valence-electron chi connectivity index (χ3n) is 21.1. The summed E-state index contributed by atoms with van der Waals surface area (Å²) in [7, 11) is 10.6. The van der Waals surface area contributed by atoms with Gasteiger partial charge in [-0.2, -0.15) is 0 Å². The van der Waals surface area contributed by atoms with E-state index in [1.54, 1.807) is 11.1 Å². The molecule has 10 aromatic rings. The van der Waals surface area contributed by atoms with Gasteiger partial charge in [0, 0.05) is 88.5 Å². The van der Waals surface area contributed by atoms with Crippen molar-refractivity contribution in [2.24, 2.45) is 40.7 Å². The highest BCUT2D eigenvalue weighted by Gasteiger charge is 2.24. The Morgan fingerprint density at radius 3 is 0.930 bits per heavy atom. The molecule has 2 aliphatic rings. The van der Waals surface area contributed by atoms with Gasteiger partial charge in [0.15, 0.2) is 31.0 Å². The molecule has 2 aliphatic carbocycles. The Morgan fingerprint density at radius 2 is 0.630 bits per heavy atom. The molecule has 0 unspecified atom stereocenters. The first kappa shape index (κ1) is 77.6. The number of benzene rings is 5. The van der Waals surface area contributed by atoms with Gasteiger partial charge in [0.2, 0.25) is 28.5 Å². The Morgan fingerprint density at radius 1 is 0.330 bits per heavy atom. The number of aryl methyl sites for hydroxylation is 15. The molecule has 0 radical (unpaired) electrons. The fourth-order valence-corrected chi connectivity index (χ4v) is 15.0. The summed E-state index contributed by atoms with van der Waals surface area (Å²) >= 11 is 0. The zero-order valence-corrected chi connectivity index (χ0v) is 66.3. The van der Waals surface area contributed by atoms with E-state index in [0.29, 0.717) is 11.3 Å². The van der Waals surface area contributed by atoms with E-state index < -0.39 is 0 Å². The number of pyridine rings is 5. The van der Waals surface area contributed by atoms with Crippen molar-refractivity contribution in [2.45, 2.75) is 225 Å². The maximum absolute atomic E-state index is 2.42. The van der Waals surface area contributed by atoms with Crippen molar-refractivity contribution in [3.05, 3.63) is 266 Å². The third-order valence-corrected chi connectivity index (χ3v) is 21.1. The van der Waals surface area contributed by atoms with Crippen LogP contribution in [-0.2, 0) is 47.1 Å². The van der Waals surface area contributed by atoms with Gasteiger partial charge >= 0.3 is 0 Å². The van der Waals surface area contributed by atoms with Crippen molar-refractivity contribution in [3.8, 4) is 56.3 Å². The topological polar surface area (TPSA) is 19.4 Å². The second-order valence-corrected chi connectivity index (χ2v) is 32.2. The minimum Gasteiger partial charge on any atom is -0.201 e. The van der Waals surface area contributed by atoms with Crippen LogP contribution in [0.3, 0.4) is 0 Å². The van der Waals surface area contributed by atoms with Gasteiger partial charge in [-0.3, -0.25) is 0 Å². The molecule has 5 heterocycles. The molecule has 0 spiro atoms. The van der Waals surface area contributed by atoms with E-state index in [1.165, 1.54) is 199 Å². The van der Waals surface area contributed by atoms with Crippen LogP contribution in [0.2, 0.25) is 0 Å². The third kappa shape index (κ3) is 21.0. The lowest BCUT2D eigenvalue weighted by Gasteiger charge is -2.22. The lowest BCUT2D eigenvalue weighted by molar-refractivity contribution is -0.660. The molecule has 2 saturated carbocycles. The van der Waals surface area contributed by atoms with Crippen LogP contribution >= 0.6 is 0 Å². The lowest BCUT2D eigenvalue weighted by atomic mass is 9.83. The molecule has 5 heteroatoms. The van der Waals surface area contributed by atoms with Crippen molar-refractivity contribution < 1.29 is 22.8 Å². The molecule has 0 bridgehead atoms. The maximum atomic E-state index is 2.42. The number of aromatic nitrogens is 5. The van der Waals surface area contributed by atoms with Gasteiger partial charge in [-0.05, 0) is 257 Å². The van der Waals surface area contributed by atoms with Crippen LogP contribution in [0.1, 0.15) is 227 Å². The summed E-state index contributed by atoms with van der Waals surface area (Å²) in [5.41, 5.74) is 34.5. The molecule has 5 aromatic heterocycles. The molecule has 0 N–H and O–H groups in total. The van der Waals surface area contributed by atoms with Gasteiger partial charge in [0.25, 0.3) is 0 Å². The molecule has 2 fully saturated rings. The second kappa shape index (κ2) is 35.0. The normalized spacial score (nSPS) is 13.3. The van der Waals surface area contributed by atoms with Crippen molar-refractivity contribution in [3.63, 3.8) is 0 Å². The fraction of sp³-hybridized carbons (Fsp3) is 0.421. The first-order chi connectivity index (χ1) is 47.4. The fourth-order valence-electron chi connectivity index (χ4n) is 15.0. The average Bonchev–Trinajstić information content (AvgIpc) is 0.971. The summed E-state index contributed by atoms with van der Waals surface area (Å²) in [6.07, 6.45) is 26.8. The molecule has 5 nitrogen and oxygen atoms in total. The van der Waals surface area contributed by atoms with Gasteiger partial charge in [-0.25, -0.2) is 22.8 Å². The Bertz CT molecular complexity index is 4280. The van der Waals surface area contributed by atoms with Gasteiger partial charge in [-0.1, -0.05) is 148 Å². The van der Waals surface area contributed by atoms with Crippen LogP contribution < -0.4 is 22.8 Å². The summed E-state index contributed by atoms with van der Waals surface area (Å²) in [6.45, 7) is 40.1. The lowest BCUT2D eigenvalue weighted by Crippen LogP contribution is -2.30. The standard InChI is InChI=1S/C20H26N.C19H24N.2C19H26N.C18H24N/c1-15-11-12-21(3)20(13-15)19-10-9-18(14-16(19)2)17-7-5-4-6-8-17;1-14-10-11-20(3)19(12-14)18-9-8-17(13-15(18)2)16-6-4-5-7-16;1-14-9-10-20(6)18(11-14)17-8-7-16(12-15(17)2)13-19(3,4)5;1-6-16(7-2)17-8-9-18(15(4)13-17)19-12-14(3)10-11-20(19)5;1-13-9-10-19(6)17(11-13)16-8-7-15(12-14(16)2)18(3,4)5/h9-14,17H,4-8H2,1-3H3;8-13,16H,4-7H2,1-3H3;7-12H,13H2,1-6H3;8-13,16H,6-7H2,1-5H3;7-12H,1-6H3/q5*+1. The molecule has 100 heavy (non-hydrogen) atoms. The van der Waals surface area contributed by atoms with E-state index in [1.807, 2.05) is 0 Å². The van der Waals surface area contributed by atoms with Crippen molar-refractivity contribution in [1.29, 1.82) is 0 Å². The van der Waals surface area contributed by atoms with E-state index in [9.17, 15) is 0 Å². The maximum Gasteiger partial charge on any atom is 0.212 e. The molecule has 5 aromatic carbocycles. The SMILES string of the molecule is CCC(CC)c1ccc(-c2cc(C)cc[n+]2C)c(C)c1.Cc1cc[n+](C)c(-c2ccc(C(C)(C)C)cc2C)c1.Cc1cc[n+](C)c(-c2ccc(C3CCCC3)cc2C)c1.Cc1cc[n+](C)c(-c2ccc(C3CCCCC3)cc2C)c1.Cc1cc[n+](C)c(-c2ccc(CC(C)(C)C)cc2C)c1. The van der Waals surface area contributed by atoms with Crippen LogP contribution in [-0.4, -0.2) is 0 Å². The van der Waals surface area contributed by atoms with Gasteiger partial charge < -0.3 is 0 Å². The predicted octanol–water partition coefficient (Wildman–Crippen LogP) is 22.5. The molecule has 526 valence electrons. The van der Waals surface area contributed by atoms with E-state index >= 15 is 0 Å². The molecular weight excluding hydrogens is 1210 g/mol. The zero-order valence-electron chi connectivity index (χ0n) is 66.3. The van der Waals surface area contributed by atoms with Crippen LogP contribution in [0.25, 0.3) is 56.3 Å². The van der Waals surface area contributed by atoms with Crippen LogP contribution in [0, 0.1) is 74.7 Å². The smallest absolute Gasteiger partial charge is 0.201 e. The Labute approximate surface area is 607 Å². The van der Waals surface area contributed by atoms with E-state index in [-0.39, 0.29) is 5.41 Å². The van der Waals surface area contributed by atoms with Crippen molar-refractivity contribution >= 4 is 0 Å². The minimum atomic E-state index is 0.206. The summed E-state index contributed by atoms with van der Waals surface area (Å²) in [5, 5.41) is 0. The number of rotatable bonds is 11. The quantitative estimate of drug-likeness (QED) is 0.115. The summed E-state index contributed by atoms with van der Waals surface area (Å²) in [6, 6.07) is 56.9. The highest BCUT2D eigenvalue weighted by Crippen LogP contribution is 2.38. The number of hydrogen-bond acceptors (Lipinski definition) is 0. The van der Waals surface area contributed by atoms with E-state index in [2.05, 4.69) is 365 Å². The summed E-state index contributed by atoms with van der Waals surface area (Å²) < 4.78 is 11.0. The highest BCUT2D eigenvalue weighted by atomic mass is 14.9. The largest absolute Gasteiger partial charge is 0.212 e. The Hall–Kier alpha value is -8.15. The molecule has 0 saturated heterocycles. The monoisotopic (exact) mass is 1340 g/mol.